The summed E-state index contributed by atoms with van der Waals surface area (Å²) in [6.45, 7) is 5.14. The first-order valence-electron chi connectivity index (χ1n) is 11.0. The first-order chi connectivity index (χ1) is 12.5. The quantitative estimate of drug-likeness (QED) is 0.259. The molecular weight excluding hydrogens is 328 g/mol. The highest BCUT2D eigenvalue weighted by Crippen LogP contribution is 2.11. The fourth-order valence-corrected chi connectivity index (χ4v) is 2.82. The fourth-order valence-electron chi connectivity index (χ4n) is 2.82. The number of aliphatic hydroxyl groups excluding tert-OH is 2. The van der Waals surface area contributed by atoms with Crippen molar-refractivity contribution in [3.63, 3.8) is 0 Å². The van der Waals surface area contributed by atoms with Gasteiger partial charge in [-0.3, -0.25) is 4.79 Å². The Balaban J connectivity index is 0. The predicted molar refractivity (Wildman–Crippen MR) is 111 cm³/mol. The molecule has 0 saturated heterocycles. The van der Waals surface area contributed by atoms with E-state index in [9.17, 15) is 4.79 Å². The van der Waals surface area contributed by atoms with E-state index in [1.807, 2.05) is 0 Å². The van der Waals surface area contributed by atoms with Crippen molar-refractivity contribution < 1.29 is 20.1 Å². The topological polar surface area (TPSA) is 77.8 Å². The van der Waals surface area contributed by atoms with E-state index < -0.39 is 5.97 Å². The Hall–Kier alpha value is -0.610. The van der Waals surface area contributed by atoms with Gasteiger partial charge in [-0.2, -0.15) is 0 Å². The van der Waals surface area contributed by atoms with Gasteiger partial charge in [-0.1, -0.05) is 90.9 Å². The van der Waals surface area contributed by atoms with Crippen molar-refractivity contribution >= 4 is 5.97 Å². The van der Waals surface area contributed by atoms with Crippen LogP contribution < -0.4 is 0 Å². The van der Waals surface area contributed by atoms with E-state index in [-0.39, 0.29) is 0 Å². The van der Waals surface area contributed by atoms with Gasteiger partial charge in [0.15, 0.2) is 0 Å². The molecule has 0 unspecified atom stereocenters. The number of hydrogen-bond donors (Lipinski definition) is 3. The molecule has 0 rings (SSSR count). The second kappa shape index (κ2) is 24.4. The summed E-state index contributed by atoms with van der Waals surface area (Å²) in [4.78, 5) is 10.1. The fraction of sp³-hybridized carbons (Fsp3) is 0.955. The standard InChI is InChI=1S/C12H26O2.C10H20O2/c13-11-9-7-5-3-1-2-4-6-8-10-12-14;1-9(2)7-5-3-4-6-8-10(11)12/h13-14H,1-12H2;9H,3-8H2,1-2H3,(H,11,12). The highest BCUT2D eigenvalue weighted by molar-refractivity contribution is 5.66. The van der Waals surface area contributed by atoms with Gasteiger partial charge in [-0.05, 0) is 25.2 Å². The van der Waals surface area contributed by atoms with Crippen LogP contribution in [0, 0.1) is 5.92 Å². The maximum atomic E-state index is 10.1. The summed E-state index contributed by atoms with van der Waals surface area (Å²) in [6.07, 6.45) is 18.1. The number of hydrogen-bond acceptors (Lipinski definition) is 3. The number of aliphatic hydroxyl groups is 2. The van der Waals surface area contributed by atoms with Gasteiger partial charge in [0, 0.05) is 19.6 Å². The molecule has 0 aromatic rings. The molecule has 0 fully saturated rings. The van der Waals surface area contributed by atoms with Crippen LogP contribution >= 0.6 is 0 Å². The maximum absolute atomic E-state index is 10.1. The molecule has 26 heavy (non-hydrogen) atoms. The Bertz CT molecular complexity index is 255. The first-order valence-corrected chi connectivity index (χ1v) is 11.0. The zero-order chi connectivity index (χ0) is 19.9. The molecule has 0 aliphatic heterocycles. The Morgan fingerprint density at radius 2 is 0.962 bits per heavy atom. The van der Waals surface area contributed by atoms with E-state index in [1.54, 1.807) is 0 Å². The van der Waals surface area contributed by atoms with Crippen LogP contribution in [-0.4, -0.2) is 34.5 Å². The maximum Gasteiger partial charge on any atom is 0.303 e. The number of unbranched alkanes of at least 4 members (excludes halogenated alkanes) is 12. The lowest BCUT2D eigenvalue weighted by Crippen LogP contribution is -1.94. The van der Waals surface area contributed by atoms with Crippen molar-refractivity contribution in [2.75, 3.05) is 13.2 Å². The molecule has 0 bridgehead atoms. The smallest absolute Gasteiger partial charge is 0.303 e. The molecule has 158 valence electrons. The third-order valence-corrected chi connectivity index (χ3v) is 4.49. The summed E-state index contributed by atoms with van der Waals surface area (Å²) in [5.74, 6) is 0.114. The average Bonchev–Trinajstić information content (AvgIpc) is 2.60. The third kappa shape index (κ3) is 31.2. The lowest BCUT2D eigenvalue weighted by Gasteiger charge is -2.02. The van der Waals surface area contributed by atoms with Gasteiger partial charge in [0.1, 0.15) is 0 Å². The minimum atomic E-state index is -0.668. The van der Waals surface area contributed by atoms with E-state index in [0.29, 0.717) is 19.6 Å². The summed E-state index contributed by atoms with van der Waals surface area (Å²) in [5, 5.41) is 25.5. The summed E-state index contributed by atoms with van der Waals surface area (Å²) in [7, 11) is 0. The van der Waals surface area contributed by atoms with Crippen molar-refractivity contribution in [1.29, 1.82) is 0 Å². The molecule has 0 aliphatic carbocycles. The molecule has 3 N–H and O–H groups in total. The lowest BCUT2D eigenvalue weighted by molar-refractivity contribution is -0.137. The van der Waals surface area contributed by atoms with Crippen molar-refractivity contribution in [2.45, 2.75) is 117 Å². The van der Waals surface area contributed by atoms with Gasteiger partial charge < -0.3 is 15.3 Å². The molecule has 0 radical (unpaired) electrons. The molecule has 0 spiro atoms. The molecule has 0 aromatic carbocycles. The molecular formula is C22H46O4. The Kier molecular flexibility index (Phi) is 25.9. The summed E-state index contributed by atoms with van der Waals surface area (Å²) >= 11 is 0. The van der Waals surface area contributed by atoms with Gasteiger partial charge in [0.25, 0.3) is 0 Å². The van der Waals surface area contributed by atoms with E-state index >= 15 is 0 Å². The molecule has 0 aromatic heterocycles. The van der Waals surface area contributed by atoms with Crippen LogP contribution in [0.4, 0.5) is 0 Å². The van der Waals surface area contributed by atoms with Gasteiger partial charge in [-0.25, -0.2) is 0 Å². The average molecular weight is 375 g/mol. The Labute approximate surface area is 162 Å². The minimum absolute atomic E-state index is 0.335. The van der Waals surface area contributed by atoms with Crippen LogP contribution in [0.1, 0.15) is 117 Å². The van der Waals surface area contributed by atoms with Crippen LogP contribution in [0.3, 0.4) is 0 Å². The Morgan fingerprint density at radius 1 is 0.615 bits per heavy atom. The van der Waals surface area contributed by atoms with Gasteiger partial charge >= 0.3 is 5.97 Å². The lowest BCUT2D eigenvalue weighted by atomic mass is 10.0. The van der Waals surface area contributed by atoms with Crippen LogP contribution in [0.2, 0.25) is 0 Å². The van der Waals surface area contributed by atoms with E-state index in [2.05, 4.69) is 13.8 Å². The largest absolute Gasteiger partial charge is 0.481 e. The number of aliphatic carboxylic acids is 1. The predicted octanol–water partition coefficient (Wildman–Crippen LogP) is 5.94. The van der Waals surface area contributed by atoms with Gasteiger partial charge in [0.2, 0.25) is 0 Å². The first kappa shape index (κ1) is 27.6. The van der Waals surface area contributed by atoms with Crippen molar-refractivity contribution in [2.24, 2.45) is 5.92 Å². The summed E-state index contributed by atoms with van der Waals surface area (Å²) < 4.78 is 0. The van der Waals surface area contributed by atoms with Crippen LogP contribution in [0.15, 0.2) is 0 Å². The second-order valence-corrected chi connectivity index (χ2v) is 7.72. The molecule has 0 atom stereocenters. The number of rotatable bonds is 18. The zero-order valence-corrected chi connectivity index (χ0v) is 17.6. The minimum Gasteiger partial charge on any atom is -0.481 e. The summed E-state index contributed by atoms with van der Waals surface area (Å²) in [5.41, 5.74) is 0. The highest BCUT2D eigenvalue weighted by Gasteiger charge is 1.97. The van der Waals surface area contributed by atoms with Gasteiger partial charge in [-0.15, -0.1) is 0 Å². The number of carboxylic acids is 1. The number of carboxylic acid groups (broad SMARTS) is 1. The normalized spacial score (nSPS) is 10.7. The SMILES string of the molecule is CC(C)CCCCCCC(=O)O.OCCCCCCCCCCCCO. The zero-order valence-electron chi connectivity index (χ0n) is 17.6. The molecule has 0 saturated carbocycles. The van der Waals surface area contributed by atoms with Crippen LogP contribution in [0.25, 0.3) is 0 Å². The summed E-state index contributed by atoms with van der Waals surface area (Å²) in [6, 6.07) is 0. The monoisotopic (exact) mass is 374 g/mol. The number of carbonyl (C=O) groups is 1. The second-order valence-electron chi connectivity index (χ2n) is 7.72. The molecule has 4 nitrogen and oxygen atoms in total. The molecule has 4 heteroatoms. The molecule has 0 amide bonds. The van der Waals surface area contributed by atoms with E-state index in [4.69, 9.17) is 15.3 Å². The van der Waals surface area contributed by atoms with Crippen molar-refractivity contribution in [3.8, 4) is 0 Å². The highest BCUT2D eigenvalue weighted by atomic mass is 16.4. The van der Waals surface area contributed by atoms with Crippen molar-refractivity contribution in [1.82, 2.24) is 0 Å². The van der Waals surface area contributed by atoms with E-state index in [1.165, 1.54) is 70.6 Å². The Morgan fingerprint density at radius 3 is 1.31 bits per heavy atom. The third-order valence-electron chi connectivity index (χ3n) is 4.49. The van der Waals surface area contributed by atoms with Crippen LogP contribution in [-0.2, 0) is 4.79 Å². The van der Waals surface area contributed by atoms with Crippen molar-refractivity contribution in [3.05, 3.63) is 0 Å². The van der Waals surface area contributed by atoms with Crippen LogP contribution in [0.5, 0.6) is 0 Å². The molecule has 0 heterocycles. The van der Waals surface area contributed by atoms with Gasteiger partial charge in [0.05, 0.1) is 0 Å². The van der Waals surface area contributed by atoms with E-state index in [0.717, 1.165) is 31.6 Å². The molecule has 0 aliphatic rings.